The molecule has 1 saturated heterocycles. The Balaban J connectivity index is 1.97. The second kappa shape index (κ2) is 5.25. The number of rotatable bonds is 1. The Morgan fingerprint density at radius 2 is 2.17 bits per heavy atom. The molecule has 3 aromatic rings. The van der Waals surface area contributed by atoms with Crippen LogP contribution < -0.4 is 16.0 Å². The van der Waals surface area contributed by atoms with Gasteiger partial charge in [-0.2, -0.15) is 4.98 Å². The van der Waals surface area contributed by atoms with Crippen LogP contribution in [0, 0.1) is 0 Å². The zero-order chi connectivity index (χ0) is 16.1. The molecule has 7 heteroatoms. The Labute approximate surface area is 138 Å². The van der Waals surface area contributed by atoms with E-state index in [1.807, 2.05) is 12.1 Å². The Kier molecular flexibility index (Phi) is 3.32. The van der Waals surface area contributed by atoms with Gasteiger partial charge in [-0.05, 0) is 32.0 Å². The van der Waals surface area contributed by atoms with Crippen LogP contribution in [-0.4, -0.2) is 35.1 Å². The van der Waals surface area contributed by atoms with Crippen molar-refractivity contribution in [1.82, 2.24) is 15.3 Å². The van der Waals surface area contributed by atoms with Gasteiger partial charge in [0.15, 0.2) is 11.4 Å². The zero-order valence-electron chi connectivity index (χ0n) is 13.0. The highest BCUT2D eigenvalue weighted by molar-refractivity contribution is 6.31. The number of hydrogen-bond acceptors (Lipinski definition) is 6. The first-order chi connectivity index (χ1) is 11.0. The molecule has 0 aliphatic carbocycles. The summed E-state index contributed by atoms with van der Waals surface area (Å²) in [5, 5.41) is 4.97. The fourth-order valence-electron chi connectivity index (χ4n) is 3.13. The van der Waals surface area contributed by atoms with Gasteiger partial charge in [0.05, 0.1) is 0 Å². The number of benzene rings is 1. The number of nitrogens with one attached hydrogen (secondary N) is 1. The maximum absolute atomic E-state index is 6.11. The molecule has 1 aliphatic rings. The fourth-order valence-corrected chi connectivity index (χ4v) is 3.30. The Morgan fingerprint density at radius 3 is 3.00 bits per heavy atom. The fraction of sp³-hybridized carbons (Fsp3) is 0.375. The van der Waals surface area contributed by atoms with Gasteiger partial charge >= 0.3 is 0 Å². The first-order valence-corrected chi connectivity index (χ1v) is 8.06. The molecule has 0 radical (unpaired) electrons. The maximum Gasteiger partial charge on any atom is 0.222 e. The average molecular weight is 332 g/mol. The molecule has 1 aromatic carbocycles. The standard InChI is InChI=1S/C16H18ClN5O/c1-8-7-22(9(2)6-19-8)15-14-13(20-16(18)21-15)11-5-10(17)3-4-12(11)23-14/h3-5,8-9,19H,6-7H2,1-2H3,(H2,18,20,21)/t8-,9?/m1/s1. The van der Waals surface area contributed by atoms with Crippen molar-refractivity contribution in [2.75, 3.05) is 23.7 Å². The van der Waals surface area contributed by atoms with E-state index in [4.69, 9.17) is 21.8 Å². The molecule has 0 spiro atoms. The molecule has 1 unspecified atom stereocenters. The molecule has 3 heterocycles. The molecule has 1 aliphatic heterocycles. The van der Waals surface area contributed by atoms with Crippen LogP contribution >= 0.6 is 11.6 Å². The van der Waals surface area contributed by atoms with Crippen molar-refractivity contribution >= 4 is 45.4 Å². The van der Waals surface area contributed by atoms with Gasteiger partial charge < -0.3 is 20.4 Å². The lowest BCUT2D eigenvalue weighted by molar-refractivity contribution is 0.422. The Bertz CT molecular complexity index is 893. The van der Waals surface area contributed by atoms with Crippen molar-refractivity contribution < 1.29 is 4.42 Å². The Hall–Kier alpha value is -2.05. The van der Waals surface area contributed by atoms with E-state index in [0.717, 1.165) is 29.9 Å². The second-order valence-corrected chi connectivity index (χ2v) is 6.57. The van der Waals surface area contributed by atoms with Gasteiger partial charge in [0.1, 0.15) is 11.1 Å². The monoisotopic (exact) mass is 331 g/mol. The molecule has 2 atom stereocenters. The van der Waals surface area contributed by atoms with Crippen molar-refractivity contribution in [1.29, 1.82) is 0 Å². The summed E-state index contributed by atoms with van der Waals surface area (Å²) in [6, 6.07) is 6.17. The van der Waals surface area contributed by atoms with Crippen molar-refractivity contribution in [3.8, 4) is 0 Å². The quantitative estimate of drug-likeness (QED) is 0.713. The lowest BCUT2D eigenvalue weighted by Crippen LogP contribution is -2.54. The van der Waals surface area contributed by atoms with E-state index in [9.17, 15) is 0 Å². The minimum atomic E-state index is 0.244. The SMILES string of the molecule is CC1CN[C@H](C)CN1c1nc(N)nc2c1oc1ccc(Cl)cc12. The van der Waals surface area contributed by atoms with E-state index in [0.29, 0.717) is 28.2 Å². The number of halogens is 1. The van der Waals surface area contributed by atoms with Crippen molar-refractivity contribution in [3.05, 3.63) is 23.2 Å². The second-order valence-electron chi connectivity index (χ2n) is 6.14. The number of fused-ring (bicyclic) bond motifs is 3. The van der Waals surface area contributed by atoms with E-state index in [2.05, 4.69) is 34.0 Å². The minimum absolute atomic E-state index is 0.244. The number of anilines is 2. The number of nitrogen functional groups attached to an aromatic ring is 1. The number of aromatic nitrogens is 2. The van der Waals surface area contributed by atoms with Gasteiger partial charge in [0.2, 0.25) is 5.95 Å². The molecule has 2 aromatic heterocycles. The summed E-state index contributed by atoms with van der Waals surface area (Å²) in [7, 11) is 0. The van der Waals surface area contributed by atoms with Crippen LogP contribution in [-0.2, 0) is 0 Å². The molecule has 0 bridgehead atoms. The molecule has 3 N–H and O–H groups in total. The highest BCUT2D eigenvalue weighted by atomic mass is 35.5. The molecule has 120 valence electrons. The third-order valence-corrected chi connectivity index (χ3v) is 4.55. The molecule has 1 fully saturated rings. The van der Waals surface area contributed by atoms with Gasteiger partial charge in [-0.15, -0.1) is 0 Å². The van der Waals surface area contributed by atoms with E-state index in [1.165, 1.54) is 0 Å². The smallest absolute Gasteiger partial charge is 0.222 e. The summed E-state index contributed by atoms with van der Waals surface area (Å²) in [6.45, 7) is 6.03. The molecule has 0 amide bonds. The van der Waals surface area contributed by atoms with Crippen molar-refractivity contribution in [2.45, 2.75) is 25.9 Å². The van der Waals surface area contributed by atoms with E-state index in [-0.39, 0.29) is 5.95 Å². The lowest BCUT2D eigenvalue weighted by Gasteiger charge is -2.38. The molecule has 23 heavy (non-hydrogen) atoms. The summed E-state index contributed by atoms with van der Waals surface area (Å²) in [4.78, 5) is 11.1. The van der Waals surface area contributed by atoms with Crippen LogP contribution in [0.25, 0.3) is 22.1 Å². The van der Waals surface area contributed by atoms with E-state index >= 15 is 0 Å². The first kappa shape index (κ1) is 14.5. The predicted molar refractivity (Wildman–Crippen MR) is 93.0 cm³/mol. The van der Waals surface area contributed by atoms with Crippen molar-refractivity contribution in [2.24, 2.45) is 0 Å². The Morgan fingerprint density at radius 1 is 1.35 bits per heavy atom. The van der Waals surface area contributed by atoms with Crippen LogP contribution in [0.3, 0.4) is 0 Å². The van der Waals surface area contributed by atoms with Gasteiger partial charge in [-0.1, -0.05) is 11.6 Å². The summed E-state index contributed by atoms with van der Waals surface area (Å²) in [5.41, 5.74) is 8.07. The number of nitrogens with two attached hydrogens (primary N) is 1. The third kappa shape index (κ3) is 2.38. The van der Waals surface area contributed by atoms with Crippen LogP contribution in [0.2, 0.25) is 5.02 Å². The van der Waals surface area contributed by atoms with Crippen LogP contribution in [0.4, 0.5) is 11.8 Å². The minimum Gasteiger partial charge on any atom is -0.450 e. The van der Waals surface area contributed by atoms with Crippen molar-refractivity contribution in [3.63, 3.8) is 0 Å². The summed E-state index contributed by atoms with van der Waals surface area (Å²) >= 11 is 6.11. The lowest BCUT2D eigenvalue weighted by atomic mass is 10.1. The van der Waals surface area contributed by atoms with Gasteiger partial charge in [-0.3, -0.25) is 0 Å². The maximum atomic E-state index is 6.11. The average Bonchev–Trinajstić information content (AvgIpc) is 2.87. The summed E-state index contributed by atoms with van der Waals surface area (Å²) < 4.78 is 6.03. The van der Waals surface area contributed by atoms with Gasteiger partial charge in [0, 0.05) is 35.6 Å². The molecule has 4 rings (SSSR count). The molecular weight excluding hydrogens is 314 g/mol. The number of hydrogen-bond donors (Lipinski definition) is 2. The molecule has 0 saturated carbocycles. The summed E-state index contributed by atoms with van der Waals surface area (Å²) in [5.74, 6) is 0.995. The normalized spacial score (nSPS) is 22.1. The largest absolute Gasteiger partial charge is 0.450 e. The van der Waals surface area contributed by atoms with Gasteiger partial charge in [0.25, 0.3) is 0 Å². The number of furan rings is 1. The van der Waals surface area contributed by atoms with Gasteiger partial charge in [-0.25, -0.2) is 4.98 Å². The third-order valence-electron chi connectivity index (χ3n) is 4.31. The van der Waals surface area contributed by atoms with E-state index < -0.39 is 0 Å². The van der Waals surface area contributed by atoms with E-state index in [1.54, 1.807) is 6.07 Å². The summed E-state index contributed by atoms with van der Waals surface area (Å²) in [6.07, 6.45) is 0. The number of nitrogens with zero attached hydrogens (tertiary/aromatic N) is 3. The van der Waals surface area contributed by atoms with Crippen LogP contribution in [0.1, 0.15) is 13.8 Å². The van der Waals surface area contributed by atoms with Crippen LogP contribution in [0.5, 0.6) is 0 Å². The molecular formula is C16H18ClN5O. The van der Waals surface area contributed by atoms with Crippen LogP contribution in [0.15, 0.2) is 22.6 Å². The topological polar surface area (TPSA) is 80.2 Å². The predicted octanol–water partition coefficient (Wildman–Crippen LogP) is 2.80. The highest BCUT2D eigenvalue weighted by Crippen LogP contribution is 2.35. The number of piperazine rings is 1. The highest BCUT2D eigenvalue weighted by Gasteiger charge is 2.27. The first-order valence-electron chi connectivity index (χ1n) is 7.68. The molecule has 6 nitrogen and oxygen atoms in total. The zero-order valence-corrected chi connectivity index (χ0v) is 13.8.